The summed E-state index contributed by atoms with van der Waals surface area (Å²) in [5.74, 6) is -0.417. The van der Waals surface area contributed by atoms with Gasteiger partial charge >= 0.3 is 0 Å². The van der Waals surface area contributed by atoms with Crippen molar-refractivity contribution in [1.82, 2.24) is 4.90 Å². The maximum Gasteiger partial charge on any atom is 0.229 e. The first-order valence-corrected chi connectivity index (χ1v) is 6.83. The van der Waals surface area contributed by atoms with Gasteiger partial charge in [0, 0.05) is 31.7 Å². The second kappa shape index (κ2) is 4.63. The van der Waals surface area contributed by atoms with Crippen LogP contribution in [0.25, 0.3) is 0 Å². The van der Waals surface area contributed by atoms with Crippen LogP contribution in [0.2, 0.25) is 0 Å². The lowest BCUT2D eigenvalue weighted by Gasteiger charge is -2.40. The van der Waals surface area contributed by atoms with Crippen molar-refractivity contribution in [2.75, 3.05) is 13.2 Å². The SMILES string of the molecule is O=C1CCCC(=O)N1C1CCC2(CC1)OCCO2. The second-order valence-electron chi connectivity index (χ2n) is 5.35. The lowest BCUT2D eigenvalue weighted by Crippen LogP contribution is -2.50. The minimum absolute atomic E-state index is 0.000425. The van der Waals surface area contributed by atoms with Gasteiger partial charge in [0.25, 0.3) is 0 Å². The molecule has 0 aromatic heterocycles. The van der Waals surface area contributed by atoms with Crippen molar-refractivity contribution >= 4 is 11.8 Å². The molecule has 3 aliphatic rings. The minimum atomic E-state index is -0.418. The third-order valence-electron chi connectivity index (χ3n) is 4.21. The van der Waals surface area contributed by atoms with Gasteiger partial charge in [-0.15, -0.1) is 0 Å². The molecule has 5 nitrogen and oxygen atoms in total. The highest BCUT2D eigenvalue weighted by atomic mass is 16.7. The molecule has 2 aliphatic heterocycles. The molecule has 2 saturated heterocycles. The third-order valence-corrected chi connectivity index (χ3v) is 4.21. The first-order chi connectivity index (χ1) is 8.70. The third kappa shape index (κ3) is 2.06. The Kier molecular flexibility index (Phi) is 3.11. The molecule has 3 rings (SSSR count). The van der Waals surface area contributed by atoms with Crippen molar-refractivity contribution in [1.29, 1.82) is 0 Å². The van der Waals surface area contributed by atoms with Crippen LogP contribution in [0.3, 0.4) is 0 Å². The first kappa shape index (κ1) is 12.1. The van der Waals surface area contributed by atoms with Crippen molar-refractivity contribution < 1.29 is 19.1 Å². The van der Waals surface area contributed by atoms with Crippen LogP contribution in [0.1, 0.15) is 44.9 Å². The maximum atomic E-state index is 11.9. The number of carbonyl (C=O) groups excluding carboxylic acids is 2. The zero-order chi connectivity index (χ0) is 12.6. The highest BCUT2D eigenvalue weighted by Gasteiger charge is 2.43. The van der Waals surface area contributed by atoms with E-state index in [0.29, 0.717) is 32.5 Å². The first-order valence-electron chi connectivity index (χ1n) is 6.83. The van der Waals surface area contributed by atoms with E-state index >= 15 is 0 Å². The zero-order valence-electron chi connectivity index (χ0n) is 10.5. The Balaban J connectivity index is 1.64. The van der Waals surface area contributed by atoms with Gasteiger partial charge in [-0.25, -0.2) is 0 Å². The number of nitrogens with zero attached hydrogens (tertiary/aromatic N) is 1. The molecule has 18 heavy (non-hydrogen) atoms. The fraction of sp³-hybridized carbons (Fsp3) is 0.846. The lowest BCUT2D eigenvalue weighted by atomic mass is 9.88. The molecule has 2 amide bonds. The molecule has 1 spiro atoms. The maximum absolute atomic E-state index is 11.9. The minimum Gasteiger partial charge on any atom is -0.348 e. The van der Waals surface area contributed by atoms with E-state index in [1.54, 1.807) is 0 Å². The van der Waals surface area contributed by atoms with Crippen LogP contribution < -0.4 is 0 Å². The van der Waals surface area contributed by atoms with Gasteiger partial charge in [0.1, 0.15) is 0 Å². The van der Waals surface area contributed by atoms with Crippen molar-refractivity contribution in [3.05, 3.63) is 0 Å². The smallest absolute Gasteiger partial charge is 0.229 e. The molecule has 1 saturated carbocycles. The van der Waals surface area contributed by atoms with Gasteiger partial charge < -0.3 is 9.47 Å². The summed E-state index contributed by atoms with van der Waals surface area (Å²) in [5.41, 5.74) is 0. The summed E-state index contributed by atoms with van der Waals surface area (Å²) in [5, 5.41) is 0. The average molecular weight is 253 g/mol. The number of carbonyl (C=O) groups is 2. The fourth-order valence-electron chi connectivity index (χ4n) is 3.26. The molecule has 0 aromatic rings. The number of imide groups is 1. The Bertz CT molecular complexity index is 336. The summed E-state index contributed by atoms with van der Waals surface area (Å²) in [6, 6.07) is 0.0590. The van der Waals surface area contributed by atoms with Gasteiger partial charge in [-0.05, 0) is 19.3 Å². The van der Waals surface area contributed by atoms with E-state index in [0.717, 1.165) is 25.7 Å². The standard InChI is InChI=1S/C13H19NO4/c15-11-2-1-3-12(16)14(11)10-4-6-13(7-5-10)17-8-9-18-13/h10H,1-9H2. The van der Waals surface area contributed by atoms with Gasteiger partial charge in [0.2, 0.25) is 11.8 Å². The number of amides is 2. The molecule has 1 aliphatic carbocycles. The Hall–Kier alpha value is -0.940. The van der Waals surface area contributed by atoms with Gasteiger partial charge in [0.15, 0.2) is 5.79 Å². The number of likely N-dealkylation sites (tertiary alicyclic amines) is 1. The monoisotopic (exact) mass is 253 g/mol. The number of ether oxygens (including phenoxy) is 2. The van der Waals surface area contributed by atoms with Crippen molar-refractivity contribution in [2.24, 2.45) is 0 Å². The van der Waals surface area contributed by atoms with Crippen LogP contribution in [-0.4, -0.2) is 41.8 Å². The lowest BCUT2D eigenvalue weighted by molar-refractivity contribution is -0.187. The van der Waals surface area contributed by atoms with Gasteiger partial charge in [-0.3, -0.25) is 14.5 Å². The molecule has 0 radical (unpaired) electrons. The van der Waals surface area contributed by atoms with Crippen LogP contribution in [0.4, 0.5) is 0 Å². The van der Waals surface area contributed by atoms with Crippen molar-refractivity contribution in [3.63, 3.8) is 0 Å². The molecule has 100 valence electrons. The summed E-state index contributed by atoms with van der Waals surface area (Å²) >= 11 is 0. The van der Waals surface area contributed by atoms with Gasteiger partial charge in [0.05, 0.1) is 13.2 Å². The molecule has 3 fully saturated rings. The quantitative estimate of drug-likeness (QED) is 0.659. The Morgan fingerprint density at radius 3 is 2.11 bits per heavy atom. The summed E-state index contributed by atoms with van der Waals surface area (Å²) in [4.78, 5) is 25.2. The predicted octanol–water partition coefficient (Wildman–Crippen LogP) is 1.21. The van der Waals surface area contributed by atoms with Crippen LogP contribution in [0.15, 0.2) is 0 Å². The Morgan fingerprint density at radius 1 is 1.00 bits per heavy atom. The molecule has 5 heteroatoms. The van der Waals surface area contributed by atoms with E-state index in [1.807, 2.05) is 0 Å². The summed E-state index contributed by atoms with van der Waals surface area (Å²) in [6.45, 7) is 1.32. The van der Waals surface area contributed by atoms with E-state index < -0.39 is 5.79 Å². The van der Waals surface area contributed by atoms with Crippen LogP contribution in [0, 0.1) is 0 Å². The molecule has 0 unspecified atom stereocenters. The Labute approximate surface area is 106 Å². The van der Waals surface area contributed by atoms with Crippen molar-refractivity contribution in [2.45, 2.75) is 56.8 Å². The molecular formula is C13H19NO4. The van der Waals surface area contributed by atoms with E-state index in [-0.39, 0.29) is 17.9 Å². The number of hydrogen-bond donors (Lipinski definition) is 0. The highest BCUT2D eigenvalue weighted by Crippen LogP contribution is 2.38. The Morgan fingerprint density at radius 2 is 1.56 bits per heavy atom. The van der Waals surface area contributed by atoms with E-state index in [4.69, 9.17) is 9.47 Å². The summed E-state index contributed by atoms with van der Waals surface area (Å²) in [7, 11) is 0. The molecule has 0 N–H and O–H groups in total. The van der Waals surface area contributed by atoms with E-state index in [1.165, 1.54) is 4.90 Å². The molecular weight excluding hydrogens is 234 g/mol. The van der Waals surface area contributed by atoms with Crippen LogP contribution in [0.5, 0.6) is 0 Å². The molecule has 0 bridgehead atoms. The molecule has 2 heterocycles. The normalized spacial score (nSPS) is 29.2. The van der Waals surface area contributed by atoms with Gasteiger partial charge in [-0.2, -0.15) is 0 Å². The number of piperidine rings is 1. The van der Waals surface area contributed by atoms with Gasteiger partial charge in [-0.1, -0.05) is 0 Å². The predicted molar refractivity (Wildman–Crippen MR) is 62.6 cm³/mol. The second-order valence-corrected chi connectivity index (χ2v) is 5.35. The molecule has 0 atom stereocenters. The average Bonchev–Trinajstić information content (AvgIpc) is 2.80. The summed E-state index contributed by atoms with van der Waals surface area (Å²) in [6.07, 6.45) is 4.91. The fourth-order valence-corrected chi connectivity index (χ4v) is 3.26. The highest BCUT2D eigenvalue weighted by molar-refractivity contribution is 5.97. The summed E-state index contributed by atoms with van der Waals surface area (Å²) < 4.78 is 11.3. The van der Waals surface area contributed by atoms with Crippen molar-refractivity contribution in [3.8, 4) is 0 Å². The van der Waals surface area contributed by atoms with E-state index in [2.05, 4.69) is 0 Å². The van der Waals surface area contributed by atoms with Crippen LogP contribution in [-0.2, 0) is 19.1 Å². The molecule has 0 aromatic carbocycles. The number of hydrogen-bond acceptors (Lipinski definition) is 4. The largest absolute Gasteiger partial charge is 0.348 e. The topological polar surface area (TPSA) is 55.8 Å². The van der Waals surface area contributed by atoms with Crippen LogP contribution >= 0.6 is 0 Å². The number of rotatable bonds is 1. The zero-order valence-corrected chi connectivity index (χ0v) is 10.5. The van der Waals surface area contributed by atoms with E-state index in [9.17, 15) is 9.59 Å².